The topological polar surface area (TPSA) is 85.1 Å². The van der Waals surface area contributed by atoms with Crippen LogP contribution in [-0.2, 0) is 7.05 Å². The zero-order chi connectivity index (χ0) is 24.2. The molecule has 4 aromatic rings. The molecule has 4 rings (SSSR count). The minimum absolute atomic E-state index is 0.208. The molecule has 2 amide bonds. The fourth-order valence-electron chi connectivity index (χ4n) is 3.58. The number of carbonyl (C=O) groups is 2. The standard InChI is InChI=1S/C26H24N4O3S/c1-17-23(26(33)30(29(17)2)21-10-5-4-6-11-21)28-25(32)19-8-7-9-20(16-19)27-24(31)18-12-14-22(34-3)15-13-18/h4-16H,1-3H3,(H,27,31)(H,28,32). The maximum absolute atomic E-state index is 13.1. The molecule has 0 bridgehead atoms. The van der Waals surface area contributed by atoms with E-state index in [1.54, 1.807) is 66.8 Å². The molecule has 0 unspecified atom stereocenters. The molecule has 1 heterocycles. The molecule has 34 heavy (non-hydrogen) atoms. The smallest absolute Gasteiger partial charge is 0.295 e. The predicted octanol–water partition coefficient (Wildman–Crippen LogP) is 4.71. The highest BCUT2D eigenvalue weighted by molar-refractivity contribution is 7.98. The second-order valence-electron chi connectivity index (χ2n) is 7.65. The van der Waals surface area contributed by atoms with E-state index >= 15 is 0 Å². The van der Waals surface area contributed by atoms with Gasteiger partial charge in [-0.05, 0) is 67.8 Å². The average molecular weight is 473 g/mol. The van der Waals surface area contributed by atoms with Crippen LogP contribution in [0.2, 0.25) is 0 Å². The third kappa shape index (κ3) is 4.67. The Hall–Kier alpha value is -4.04. The maximum Gasteiger partial charge on any atom is 0.295 e. The molecule has 0 saturated heterocycles. The van der Waals surface area contributed by atoms with E-state index in [1.807, 2.05) is 48.7 Å². The largest absolute Gasteiger partial charge is 0.322 e. The molecule has 0 saturated carbocycles. The molecule has 1 aromatic heterocycles. The van der Waals surface area contributed by atoms with Crippen LogP contribution in [0, 0.1) is 6.92 Å². The summed E-state index contributed by atoms with van der Waals surface area (Å²) in [6.45, 7) is 1.77. The summed E-state index contributed by atoms with van der Waals surface area (Å²) in [6.07, 6.45) is 1.97. The van der Waals surface area contributed by atoms with Gasteiger partial charge >= 0.3 is 0 Å². The lowest BCUT2D eigenvalue weighted by molar-refractivity contribution is 0.101. The number of hydrogen-bond acceptors (Lipinski definition) is 4. The Balaban J connectivity index is 1.54. The van der Waals surface area contributed by atoms with Crippen LogP contribution in [0.1, 0.15) is 26.4 Å². The summed E-state index contributed by atoms with van der Waals surface area (Å²) in [5, 5.41) is 5.56. The van der Waals surface area contributed by atoms with Gasteiger partial charge < -0.3 is 10.6 Å². The van der Waals surface area contributed by atoms with Gasteiger partial charge in [0.05, 0.1) is 11.4 Å². The molecule has 0 spiro atoms. The summed E-state index contributed by atoms with van der Waals surface area (Å²) < 4.78 is 3.20. The fraction of sp³-hybridized carbons (Fsp3) is 0.115. The van der Waals surface area contributed by atoms with Gasteiger partial charge in [-0.25, -0.2) is 4.68 Å². The van der Waals surface area contributed by atoms with Crippen LogP contribution >= 0.6 is 11.8 Å². The molecule has 3 aromatic carbocycles. The second-order valence-corrected chi connectivity index (χ2v) is 8.53. The van der Waals surface area contributed by atoms with Crippen molar-refractivity contribution in [2.45, 2.75) is 11.8 Å². The number of para-hydroxylation sites is 1. The van der Waals surface area contributed by atoms with Crippen molar-refractivity contribution < 1.29 is 9.59 Å². The van der Waals surface area contributed by atoms with Crippen LogP contribution in [0.15, 0.2) is 88.6 Å². The van der Waals surface area contributed by atoms with Crippen LogP contribution in [0.25, 0.3) is 5.69 Å². The Kier molecular flexibility index (Phi) is 6.70. The van der Waals surface area contributed by atoms with E-state index in [0.29, 0.717) is 28.2 Å². The molecule has 8 heteroatoms. The van der Waals surface area contributed by atoms with E-state index in [1.165, 1.54) is 4.68 Å². The van der Waals surface area contributed by atoms with E-state index in [2.05, 4.69) is 10.6 Å². The molecule has 0 aliphatic rings. The lowest BCUT2D eigenvalue weighted by atomic mass is 10.1. The highest BCUT2D eigenvalue weighted by atomic mass is 32.2. The monoisotopic (exact) mass is 472 g/mol. The zero-order valence-corrected chi connectivity index (χ0v) is 19.8. The number of anilines is 2. The quantitative estimate of drug-likeness (QED) is 0.398. The lowest BCUT2D eigenvalue weighted by Gasteiger charge is -2.08. The Morgan fingerprint density at radius 2 is 1.50 bits per heavy atom. The number of amides is 2. The van der Waals surface area contributed by atoms with Gasteiger partial charge in [0.25, 0.3) is 17.4 Å². The fourth-order valence-corrected chi connectivity index (χ4v) is 3.99. The van der Waals surface area contributed by atoms with Gasteiger partial charge in [0.15, 0.2) is 0 Å². The third-order valence-electron chi connectivity index (χ3n) is 5.53. The number of thioether (sulfide) groups is 1. The Morgan fingerprint density at radius 1 is 0.824 bits per heavy atom. The molecule has 0 aliphatic heterocycles. The second kappa shape index (κ2) is 9.84. The zero-order valence-electron chi connectivity index (χ0n) is 19.0. The lowest BCUT2D eigenvalue weighted by Crippen LogP contribution is -2.23. The number of hydrogen-bond donors (Lipinski definition) is 2. The normalized spacial score (nSPS) is 10.7. The summed E-state index contributed by atoms with van der Waals surface area (Å²) in [7, 11) is 1.77. The van der Waals surface area contributed by atoms with Gasteiger partial charge in [-0.3, -0.25) is 19.1 Å². The summed E-state index contributed by atoms with van der Waals surface area (Å²) in [5.74, 6) is -0.707. The Labute approximate surface area is 201 Å². The van der Waals surface area contributed by atoms with E-state index in [9.17, 15) is 14.4 Å². The van der Waals surface area contributed by atoms with Crippen molar-refractivity contribution in [3.63, 3.8) is 0 Å². The van der Waals surface area contributed by atoms with E-state index in [0.717, 1.165) is 4.90 Å². The molecule has 0 atom stereocenters. The van der Waals surface area contributed by atoms with Crippen molar-refractivity contribution in [1.29, 1.82) is 0 Å². The first-order valence-corrected chi connectivity index (χ1v) is 11.8. The molecule has 172 valence electrons. The minimum atomic E-state index is -0.438. The van der Waals surface area contributed by atoms with Gasteiger partial charge in [-0.15, -0.1) is 11.8 Å². The summed E-state index contributed by atoms with van der Waals surface area (Å²) in [4.78, 5) is 39.7. The summed E-state index contributed by atoms with van der Waals surface area (Å²) in [6, 6.07) is 23.1. The van der Waals surface area contributed by atoms with Crippen LogP contribution in [0.5, 0.6) is 0 Å². The highest BCUT2D eigenvalue weighted by Gasteiger charge is 2.19. The molecule has 2 N–H and O–H groups in total. The van der Waals surface area contributed by atoms with Gasteiger partial charge in [0, 0.05) is 28.8 Å². The Morgan fingerprint density at radius 3 is 2.18 bits per heavy atom. The molecule has 0 aliphatic carbocycles. The first-order chi connectivity index (χ1) is 16.4. The van der Waals surface area contributed by atoms with Crippen LogP contribution in [0.4, 0.5) is 11.4 Å². The molecule has 7 nitrogen and oxygen atoms in total. The van der Waals surface area contributed by atoms with Crippen molar-refractivity contribution >= 4 is 35.0 Å². The predicted molar refractivity (Wildman–Crippen MR) is 136 cm³/mol. The SMILES string of the molecule is CSc1ccc(C(=O)Nc2cccc(C(=O)Nc3c(C)n(C)n(-c4ccccc4)c3=O)c2)cc1. The van der Waals surface area contributed by atoms with Crippen molar-refractivity contribution in [2.75, 3.05) is 16.9 Å². The number of benzene rings is 3. The van der Waals surface area contributed by atoms with E-state index in [-0.39, 0.29) is 17.2 Å². The first kappa shape index (κ1) is 23.1. The Bertz CT molecular complexity index is 1410. The van der Waals surface area contributed by atoms with Gasteiger partial charge in [0.1, 0.15) is 5.69 Å². The number of carbonyl (C=O) groups excluding carboxylic acids is 2. The number of aromatic nitrogens is 2. The van der Waals surface area contributed by atoms with Gasteiger partial charge in [0.2, 0.25) is 0 Å². The number of nitrogens with one attached hydrogen (secondary N) is 2. The molecular formula is C26H24N4O3S. The third-order valence-corrected chi connectivity index (χ3v) is 6.27. The summed E-state index contributed by atoms with van der Waals surface area (Å²) in [5.41, 5.74) is 2.54. The molecular weight excluding hydrogens is 448 g/mol. The summed E-state index contributed by atoms with van der Waals surface area (Å²) >= 11 is 1.60. The maximum atomic E-state index is 13.1. The van der Waals surface area contributed by atoms with Crippen molar-refractivity contribution in [3.05, 3.63) is 106 Å². The van der Waals surface area contributed by atoms with Crippen molar-refractivity contribution in [2.24, 2.45) is 7.05 Å². The van der Waals surface area contributed by atoms with Gasteiger partial charge in [-0.1, -0.05) is 24.3 Å². The molecule has 0 fully saturated rings. The number of rotatable bonds is 6. The van der Waals surface area contributed by atoms with E-state index in [4.69, 9.17) is 0 Å². The van der Waals surface area contributed by atoms with Crippen LogP contribution in [-0.4, -0.2) is 27.4 Å². The number of nitrogens with zero attached hydrogens (tertiary/aromatic N) is 2. The van der Waals surface area contributed by atoms with Crippen LogP contribution in [0.3, 0.4) is 0 Å². The van der Waals surface area contributed by atoms with Crippen molar-refractivity contribution in [1.82, 2.24) is 9.36 Å². The van der Waals surface area contributed by atoms with Crippen molar-refractivity contribution in [3.8, 4) is 5.69 Å². The minimum Gasteiger partial charge on any atom is -0.322 e. The molecule has 0 radical (unpaired) electrons. The van der Waals surface area contributed by atoms with Crippen LogP contribution < -0.4 is 16.2 Å². The van der Waals surface area contributed by atoms with E-state index < -0.39 is 5.91 Å². The highest BCUT2D eigenvalue weighted by Crippen LogP contribution is 2.19. The van der Waals surface area contributed by atoms with Gasteiger partial charge in [-0.2, -0.15) is 0 Å². The first-order valence-electron chi connectivity index (χ1n) is 10.6. The average Bonchev–Trinajstić information content (AvgIpc) is 3.07.